The number of rotatable bonds is 4. The summed E-state index contributed by atoms with van der Waals surface area (Å²) < 4.78 is 5.00. The largest absolute Gasteiger partial charge is 0.472 e. The maximum Gasteiger partial charge on any atom is 0.349 e. The van der Waals surface area contributed by atoms with Gasteiger partial charge in [0.15, 0.2) is 0 Å². The number of hydrogen-bond donors (Lipinski definition) is 0. The van der Waals surface area contributed by atoms with Crippen LogP contribution in [0.3, 0.4) is 0 Å². The third-order valence-electron chi connectivity index (χ3n) is 1.39. The Bertz CT molecular complexity index is 416. The number of ether oxygens (including phenoxy) is 1. The van der Waals surface area contributed by atoms with Crippen LogP contribution in [0.2, 0.25) is 5.28 Å². The Morgan fingerprint density at radius 2 is 2.47 bits per heavy atom. The molecule has 1 aromatic rings. The molecule has 7 heteroatoms. The predicted molar refractivity (Wildman–Crippen MR) is 52.6 cm³/mol. The number of halogens is 1. The van der Waals surface area contributed by atoms with Crippen molar-refractivity contribution < 1.29 is 9.66 Å². The fraction of sp³-hybridized carbons (Fsp3) is 0.250. The van der Waals surface area contributed by atoms with Crippen molar-refractivity contribution in [2.24, 2.45) is 0 Å². The molecule has 0 saturated heterocycles. The minimum absolute atomic E-state index is 0.115. The SMILES string of the molecule is C#CCCOc1nc(Cl)ncc1[N+](=O)[O-]. The van der Waals surface area contributed by atoms with E-state index in [-0.39, 0.29) is 23.5 Å². The van der Waals surface area contributed by atoms with Crippen molar-refractivity contribution in [3.8, 4) is 18.2 Å². The van der Waals surface area contributed by atoms with Gasteiger partial charge in [0.05, 0.1) is 4.92 Å². The molecule has 0 unspecified atom stereocenters. The lowest BCUT2D eigenvalue weighted by atomic mass is 10.5. The molecule has 15 heavy (non-hydrogen) atoms. The topological polar surface area (TPSA) is 78.2 Å². The summed E-state index contributed by atoms with van der Waals surface area (Å²) in [5.74, 6) is 2.16. The first-order valence-corrected chi connectivity index (χ1v) is 4.26. The molecule has 1 rings (SSSR count). The highest BCUT2D eigenvalue weighted by Gasteiger charge is 2.18. The smallest absolute Gasteiger partial charge is 0.349 e. The maximum atomic E-state index is 10.5. The lowest BCUT2D eigenvalue weighted by Crippen LogP contribution is -2.03. The molecule has 1 heterocycles. The Morgan fingerprint density at radius 3 is 3.07 bits per heavy atom. The van der Waals surface area contributed by atoms with E-state index in [0.717, 1.165) is 6.20 Å². The van der Waals surface area contributed by atoms with E-state index in [1.54, 1.807) is 0 Å². The molecule has 0 atom stereocenters. The van der Waals surface area contributed by atoms with Gasteiger partial charge in [-0.15, -0.1) is 12.3 Å². The standard InChI is InChI=1S/C8H6ClN3O3/c1-2-3-4-15-7-6(12(13)14)5-10-8(9)11-7/h1,5H,3-4H2. The lowest BCUT2D eigenvalue weighted by Gasteiger charge is -2.02. The average Bonchev–Trinajstić information content (AvgIpc) is 2.18. The van der Waals surface area contributed by atoms with Gasteiger partial charge in [0.25, 0.3) is 5.88 Å². The third-order valence-corrected chi connectivity index (χ3v) is 1.57. The second-order valence-corrected chi connectivity index (χ2v) is 2.73. The van der Waals surface area contributed by atoms with Crippen molar-refractivity contribution in [2.45, 2.75) is 6.42 Å². The minimum Gasteiger partial charge on any atom is -0.472 e. The molecular formula is C8H6ClN3O3. The minimum atomic E-state index is -0.651. The van der Waals surface area contributed by atoms with Gasteiger partial charge >= 0.3 is 5.69 Å². The molecule has 0 bridgehead atoms. The van der Waals surface area contributed by atoms with Crippen LogP contribution in [0.5, 0.6) is 5.88 Å². The Hall–Kier alpha value is -1.87. The Balaban J connectivity index is 2.88. The fourth-order valence-electron chi connectivity index (χ4n) is 0.778. The Kier molecular flexibility index (Phi) is 3.83. The van der Waals surface area contributed by atoms with Crippen LogP contribution in [-0.2, 0) is 0 Å². The number of hydrogen-bond acceptors (Lipinski definition) is 5. The molecule has 0 aliphatic rings. The molecule has 0 N–H and O–H groups in total. The zero-order chi connectivity index (χ0) is 11.3. The summed E-state index contributed by atoms with van der Waals surface area (Å²) in [4.78, 5) is 16.9. The molecule has 0 saturated carbocycles. The second kappa shape index (κ2) is 5.12. The van der Waals surface area contributed by atoms with E-state index < -0.39 is 4.92 Å². The third kappa shape index (κ3) is 3.07. The van der Waals surface area contributed by atoms with Crippen molar-refractivity contribution in [2.75, 3.05) is 6.61 Å². The van der Waals surface area contributed by atoms with Crippen LogP contribution in [0.15, 0.2) is 6.20 Å². The van der Waals surface area contributed by atoms with Crippen LogP contribution in [0, 0.1) is 22.5 Å². The van der Waals surface area contributed by atoms with Crippen molar-refractivity contribution in [1.82, 2.24) is 9.97 Å². The number of aromatic nitrogens is 2. The molecule has 0 spiro atoms. The molecule has 78 valence electrons. The monoisotopic (exact) mass is 227 g/mol. The molecule has 0 aliphatic carbocycles. The van der Waals surface area contributed by atoms with Gasteiger partial charge in [0.1, 0.15) is 12.8 Å². The quantitative estimate of drug-likeness (QED) is 0.256. The normalized spacial score (nSPS) is 9.33. The van der Waals surface area contributed by atoms with Gasteiger partial charge in [-0.3, -0.25) is 10.1 Å². The average molecular weight is 228 g/mol. The maximum absolute atomic E-state index is 10.5. The van der Waals surface area contributed by atoms with E-state index in [1.165, 1.54) is 0 Å². The van der Waals surface area contributed by atoms with Gasteiger partial charge in [0.2, 0.25) is 5.28 Å². The number of nitrogens with zero attached hydrogens (tertiary/aromatic N) is 3. The van der Waals surface area contributed by atoms with E-state index in [1.807, 2.05) is 0 Å². The molecule has 1 aromatic heterocycles. The van der Waals surface area contributed by atoms with E-state index in [4.69, 9.17) is 22.8 Å². The predicted octanol–water partition coefficient (Wildman–Crippen LogP) is 1.44. The lowest BCUT2D eigenvalue weighted by molar-refractivity contribution is -0.386. The van der Waals surface area contributed by atoms with Crippen molar-refractivity contribution in [3.05, 3.63) is 21.6 Å². The van der Waals surface area contributed by atoms with E-state index in [2.05, 4.69) is 15.9 Å². The van der Waals surface area contributed by atoms with Crippen LogP contribution in [0.25, 0.3) is 0 Å². The highest BCUT2D eigenvalue weighted by Crippen LogP contribution is 2.24. The number of nitro groups is 1. The molecular weight excluding hydrogens is 222 g/mol. The van der Waals surface area contributed by atoms with Gasteiger partial charge in [-0.1, -0.05) is 0 Å². The first-order valence-electron chi connectivity index (χ1n) is 3.88. The van der Waals surface area contributed by atoms with Crippen molar-refractivity contribution >= 4 is 17.3 Å². The van der Waals surface area contributed by atoms with Crippen LogP contribution < -0.4 is 4.74 Å². The molecule has 6 nitrogen and oxygen atoms in total. The Labute approximate surface area is 90.4 Å². The van der Waals surface area contributed by atoms with Crippen LogP contribution in [0.4, 0.5) is 5.69 Å². The van der Waals surface area contributed by atoms with Crippen LogP contribution >= 0.6 is 11.6 Å². The van der Waals surface area contributed by atoms with Crippen LogP contribution in [-0.4, -0.2) is 21.5 Å². The van der Waals surface area contributed by atoms with E-state index in [9.17, 15) is 10.1 Å². The summed E-state index contributed by atoms with van der Waals surface area (Å²) in [5, 5.41) is 10.4. The molecule has 0 amide bonds. The molecule has 0 radical (unpaired) electrons. The number of terminal acetylenes is 1. The van der Waals surface area contributed by atoms with Crippen molar-refractivity contribution in [1.29, 1.82) is 0 Å². The molecule has 0 fully saturated rings. The van der Waals surface area contributed by atoms with Gasteiger partial charge in [0, 0.05) is 6.42 Å². The highest BCUT2D eigenvalue weighted by molar-refractivity contribution is 6.28. The zero-order valence-corrected chi connectivity index (χ0v) is 8.27. The van der Waals surface area contributed by atoms with Gasteiger partial charge in [-0.25, -0.2) is 4.98 Å². The van der Waals surface area contributed by atoms with Gasteiger partial charge in [-0.05, 0) is 11.6 Å². The summed E-state index contributed by atoms with van der Waals surface area (Å²) in [5.41, 5.74) is -0.337. The van der Waals surface area contributed by atoms with E-state index >= 15 is 0 Å². The summed E-state index contributed by atoms with van der Waals surface area (Å²) >= 11 is 5.47. The second-order valence-electron chi connectivity index (χ2n) is 2.39. The first kappa shape index (κ1) is 11.2. The Morgan fingerprint density at radius 1 is 1.73 bits per heavy atom. The van der Waals surface area contributed by atoms with Gasteiger partial charge < -0.3 is 4.74 Å². The molecule has 0 aliphatic heterocycles. The van der Waals surface area contributed by atoms with Crippen LogP contribution in [0.1, 0.15) is 6.42 Å². The van der Waals surface area contributed by atoms with Crippen molar-refractivity contribution in [3.63, 3.8) is 0 Å². The van der Waals surface area contributed by atoms with E-state index in [0.29, 0.717) is 6.42 Å². The fourth-order valence-corrected chi connectivity index (χ4v) is 0.903. The summed E-state index contributed by atoms with van der Waals surface area (Å²) in [6.07, 6.45) is 6.32. The first-order chi connectivity index (χ1) is 7.15. The summed E-state index contributed by atoms with van der Waals surface area (Å²) in [6.45, 7) is 0.144. The summed E-state index contributed by atoms with van der Waals surface area (Å²) in [7, 11) is 0. The highest BCUT2D eigenvalue weighted by atomic mass is 35.5. The zero-order valence-electron chi connectivity index (χ0n) is 7.51. The van der Waals surface area contributed by atoms with Gasteiger partial charge in [-0.2, -0.15) is 4.98 Å². The molecule has 0 aromatic carbocycles. The summed E-state index contributed by atoms with van der Waals surface area (Å²) in [6, 6.07) is 0.